The quantitative estimate of drug-likeness (QED) is 0.325. The van der Waals surface area contributed by atoms with Crippen LogP contribution in [0.4, 0.5) is 0 Å². The van der Waals surface area contributed by atoms with Crippen LogP contribution in [0.1, 0.15) is 60.3 Å². The molecular weight excluding hydrogens is 568 g/mol. The first kappa shape index (κ1) is 36.8. The average Bonchev–Trinajstić information content (AvgIpc) is 2.97. The molecule has 1 spiro atoms. The number of aliphatic hydroxyl groups excluding tert-OH is 1. The predicted molar refractivity (Wildman–Crippen MR) is 166 cm³/mol. The second-order valence-corrected chi connectivity index (χ2v) is 14.3. The molecule has 3 saturated heterocycles. The zero-order valence-corrected chi connectivity index (χ0v) is 28.6. The van der Waals surface area contributed by atoms with E-state index < -0.39 is 47.4 Å². The Balaban J connectivity index is 1.88. The summed E-state index contributed by atoms with van der Waals surface area (Å²) >= 11 is 0. The third kappa shape index (κ3) is 8.77. The van der Waals surface area contributed by atoms with E-state index >= 15 is 0 Å². The van der Waals surface area contributed by atoms with Gasteiger partial charge >= 0.3 is 5.97 Å². The van der Waals surface area contributed by atoms with Crippen molar-refractivity contribution in [2.24, 2.45) is 17.8 Å². The van der Waals surface area contributed by atoms with Gasteiger partial charge < -0.3 is 44.1 Å². The lowest BCUT2D eigenvalue weighted by Gasteiger charge is -2.47. The number of amides is 1. The second kappa shape index (κ2) is 15.3. The summed E-state index contributed by atoms with van der Waals surface area (Å²) in [5.41, 5.74) is -1.46. The fourth-order valence-electron chi connectivity index (χ4n) is 6.98. The second-order valence-electron chi connectivity index (χ2n) is 14.3. The van der Waals surface area contributed by atoms with Gasteiger partial charge in [0.25, 0.3) is 0 Å². The fourth-order valence-corrected chi connectivity index (χ4v) is 6.98. The minimum absolute atomic E-state index is 0.0772. The number of ketones is 1. The Morgan fingerprint density at radius 1 is 1.11 bits per heavy atom. The van der Waals surface area contributed by atoms with Gasteiger partial charge in [-0.15, -0.1) is 0 Å². The molecule has 2 N–H and O–H groups in total. The van der Waals surface area contributed by atoms with Crippen molar-refractivity contribution in [2.45, 2.75) is 102 Å². The normalized spacial score (nSPS) is 37.8. The van der Waals surface area contributed by atoms with Gasteiger partial charge in [-0.25, -0.2) is 0 Å². The highest BCUT2D eigenvalue weighted by molar-refractivity contribution is 6.00. The van der Waals surface area contributed by atoms with Crippen LogP contribution < -0.4 is 5.32 Å². The molecule has 1 unspecified atom stereocenters. The van der Waals surface area contributed by atoms with Crippen molar-refractivity contribution in [3.8, 4) is 0 Å². The van der Waals surface area contributed by atoms with Crippen molar-refractivity contribution in [3.63, 3.8) is 0 Å². The Bertz CT molecular complexity index is 987. The van der Waals surface area contributed by atoms with E-state index in [4.69, 9.17) is 18.9 Å². The van der Waals surface area contributed by atoms with E-state index in [-0.39, 0.29) is 36.4 Å². The lowest BCUT2D eigenvalue weighted by Crippen LogP contribution is -2.59. The molecule has 3 aliphatic heterocycles. The van der Waals surface area contributed by atoms with Gasteiger partial charge in [0.1, 0.15) is 18.6 Å². The lowest BCUT2D eigenvalue weighted by atomic mass is 9.78. The first-order valence-electron chi connectivity index (χ1n) is 16.1. The highest BCUT2D eigenvalue weighted by atomic mass is 16.7. The van der Waals surface area contributed by atoms with Gasteiger partial charge in [0.05, 0.1) is 29.9 Å². The van der Waals surface area contributed by atoms with Gasteiger partial charge in [0.2, 0.25) is 5.91 Å². The monoisotopic (exact) mass is 626 g/mol. The zero-order chi connectivity index (χ0) is 33.0. The number of carbonyl (C=O) groups is 3. The Hall–Kier alpha value is -1.67. The molecule has 0 aromatic carbocycles. The molecule has 0 radical (unpaired) electrons. The van der Waals surface area contributed by atoms with E-state index in [1.807, 2.05) is 56.7 Å². The van der Waals surface area contributed by atoms with Gasteiger partial charge in [-0.2, -0.15) is 0 Å². The molecule has 3 fully saturated rings. The molecule has 1 amide bonds. The van der Waals surface area contributed by atoms with Gasteiger partial charge in [-0.1, -0.05) is 13.8 Å². The summed E-state index contributed by atoms with van der Waals surface area (Å²) in [5.74, 6) is -2.53. The summed E-state index contributed by atoms with van der Waals surface area (Å²) in [6, 6.07) is -0.184. The largest absolute Gasteiger partial charge is 0.463 e. The number of Topliss-reactive ketones (excluding diaryl/α,β-unsaturated/α-hetero) is 1. The van der Waals surface area contributed by atoms with E-state index in [2.05, 4.69) is 12.2 Å². The van der Waals surface area contributed by atoms with Crippen molar-refractivity contribution in [1.82, 2.24) is 20.0 Å². The number of cyclic esters (lactones) is 1. The number of likely N-dealkylation sites (tertiary alicyclic amines) is 1. The zero-order valence-electron chi connectivity index (χ0n) is 28.6. The first-order valence-corrected chi connectivity index (χ1v) is 16.1. The van der Waals surface area contributed by atoms with Crippen molar-refractivity contribution < 1.29 is 38.4 Å². The van der Waals surface area contributed by atoms with Crippen molar-refractivity contribution in [1.29, 1.82) is 0 Å². The maximum Gasteiger partial charge on any atom is 0.316 e. The number of likely N-dealkylation sites (N-methyl/N-ethyl adjacent to an activating group) is 2. The third-order valence-corrected chi connectivity index (χ3v) is 9.90. The molecule has 44 heavy (non-hydrogen) atoms. The topological polar surface area (TPSA) is 130 Å². The number of carbonyl (C=O) groups excluding carboxylic acids is 3. The number of aliphatic hydroxyl groups is 1. The number of ether oxygens (including phenoxy) is 4. The molecule has 0 saturated carbocycles. The van der Waals surface area contributed by atoms with Gasteiger partial charge in [-0.3, -0.25) is 14.4 Å². The molecule has 0 aromatic rings. The fraction of sp³-hybridized carbons (Fsp3) is 0.906. The maximum absolute atomic E-state index is 13.9. The number of hydrogen-bond acceptors (Lipinski definition) is 11. The summed E-state index contributed by atoms with van der Waals surface area (Å²) in [6.07, 6.45) is -0.457. The molecule has 254 valence electrons. The molecule has 3 heterocycles. The summed E-state index contributed by atoms with van der Waals surface area (Å²) in [6.45, 7) is 11.5. The van der Waals surface area contributed by atoms with Gasteiger partial charge in [0, 0.05) is 32.2 Å². The smallest absolute Gasteiger partial charge is 0.316 e. The van der Waals surface area contributed by atoms with Crippen LogP contribution in [0.15, 0.2) is 0 Å². The predicted octanol–water partition coefficient (Wildman–Crippen LogP) is 1.14. The highest BCUT2D eigenvalue weighted by Crippen LogP contribution is 2.36. The molecule has 9 atom stereocenters. The minimum atomic E-state index is -1.03. The Morgan fingerprint density at radius 3 is 2.32 bits per heavy atom. The Labute approximate surface area is 264 Å². The van der Waals surface area contributed by atoms with Crippen LogP contribution in [0.3, 0.4) is 0 Å². The number of hydrogen-bond donors (Lipinski definition) is 2. The molecule has 0 aliphatic carbocycles. The molecule has 0 bridgehead atoms. The van der Waals surface area contributed by atoms with E-state index in [1.54, 1.807) is 21.0 Å². The van der Waals surface area contributed by atoms with Crippen LogP contribution in [-0.2, 0) is 33.3 Å². The Morgan fingerprint density at radius 2 is 1.75 bits per heavy atom. The van der Waals surface area contributed by atoms with Gasteiger partial charge in [-0.05, 0) is 87.1 Å². The molecule has 12 nitrogen and oxygen atoms in total. The highest BCUT2D eigenvalue weighted by Gasteiger charge is 2.49. The molecule has 0 aromatic heterocycles. The van der Waals surface area contributed by atoms with E-state index in [0.29, 0.717) is 51.9 Å². The number of nitrogens with zero attached hydrogens (tertiary/aromatic N) is 3. The van der Waals surface area contributed by atoms with Crippen LogP contribution in [0, 0.1) is 17.8 Å². The summed E-state index contributed by atoms with van der Waals surface area (Å²) in [5, 5.41) is 14.9. The van der Waals surface area contributed by atoms with Crippen molar-refractivity contribution in [3.05, 3.63) is 0 Å². The lowest BCUT2D eigenvalue weighted by molar-refractivity contribution is -0.295. The van der Waals surface area contributed by atoms with E-state index in [0.717, 1.165) is 0 Å². The standard InChI is InChI=1S/C32H58N4O8/c1-20-16-31(5,41-10)28(44-30-27(39)24(35(8)9)15-21(2)43-30)22(3)26(38)23(4)29(40)42-19-32(33-17-20)11-13-36(14-12-32)25(37)18-34(6)7/h20-24,27-28,30,33,39H,11-19H2,1-10H3/t20-,21-,22+,23?,24+,27-,28-,30+,31-/m1/s1. The van der Waals surface area contributed by atoms with Gasteiger partial charge in [0.15, 0.2) is 12.1 Å². The number of methoxy groups -OCH3 is 1. The molecular formula is C32H58N4O8. The van der Waals surface area contributed by atoms with Crippen LogP contribution in [-0.4, -0.2) is 147 Å². The molecule has 12 heteroatoms. The average molecular weight is 627 g/mol. The maximum atomic E-state index is 13.9. The van der Waals surface area contributed by atoms with E-state index in [1.165, 1.54) is 0 Å². The van der Waals surface area contributed by atoms with Crippen molar-refractivity contribution >= 4 is 17.7 Å². The minimum Gasteiger partial charge on any atom is -0.463 e. The van der Waals surface area contributed by atoms with Crippen molar-refractivity contribution in [2.75, 3.05) is 68.1 Å². The van der Waals surface area contributed by atoms with E-state index in [9.17, 15) is 19.5 Å². The summed E-state index contributed by atoms with van der Waals surface area (Å²) in [7, 11) is 9.18. The first-order chi connectivity index (χ1) is 20.5. The SMILES string of the molecule is CO[C@]1(C)C[C@@H](C)CNC2(CCN(C(=O)CN(C)C)CC2)COC(=O)C(C)C(=O)[C@H](C)[C@H]1O[C@@H]1O[C@H](C)C[C@H](N(C)C)[C@H]1O. The Kier molecular flexibility index (Phi) is 12.8. The molecule has 3 rings (SSSR count). The number of nitrogens with one attached hydrogen (secondary N) is 1. The van der Waals surface area contributed by atoms with Crippen LogP contribution in [0.5, 0.6) is 0 Å². The summed E-state index contributed by atoms with van der Waals surface area (Å²) in [4.78, 5) is 45.6. The number of piperidine rings is 1. The third-order valence-electron chi connectivity index (χ3n) is 9.90. The van der Waals surface area contributed by atoms with Crippen LogP contribution >= 0.6 is 0 Å². The van der Waals surface area contributed by atoms with Crippen LogP contribution in [0.2, 0.25) is 0 Å². The molecule has 3 aliphatic rings. The number of esters is 1. The van der Waals surface area contributed by atoms with Crippen LogP contribution in [0.25, 0.3) is 0 Å². The number of rotatable bonds is 6. The summed E-state index contributed by atoms with van der Waals surface area (Å²) < 4.78 is 24.6.